The number of unbranched alkanes of at least 4 members (excludes halogenated alkanes) is 1. The van der Waals surface area contributed by atoms with E-state index in [4.69, 9.17) is 23.7 Å². The van der Waals surface area contributed by atoms with Crippen LogP contribution in [0, 0.1) is 5.82 Å². The van der Waals surface area contributed by atoms with Crippen molar-refractivity contribution in [3.8, 4) is 11.5 Å². The number of benzene rings is 3. The fourth-order valence-electron chi connectivity index (χ4n) is 6.40. The second-order valence-corrected chi connectivity index (χ2v) is 14.0. The average Bonchev–Trinajstić information content (AvgIpc) is 3.09. The van der Waals surface area contributed by atoms with Crippen molar-refractivity contribution in [2.24, 2.45) is 0 Å². The highest BCUT2D eigenvalue weighted by Gasteiger charge is 2.37. The number of halogens is 1. The molecule has 1 fully saturated rings. The number of rotatable bonds is 15. The van der Waals surface area contributed by atoms with Gasteiger partial charge in [0.05, 0.1) is 32.0 Å². The summed E-state index contributed by atoms with van der Waals surface area (Å²) < 4.78 is 43.4. The number of anilines is 1. The molecule has 1 N–H and O–H groups in total. The molecule has 2 amide bonds. The molecule has 2 aliphatic rings. The summed E-state index contributed by atoms with van der Waals surface area (Å²) in [6.07, 6.45) is 4.00. The summed E-state index contributed by atoms with van der Waals surface area (Å²) in [6.45, 7) is 8.07. The number of likely N-dealkylation sites (tertiary alicyclic amines) is 1. The second-order valence-electron chi connectivity index (χ2n) is 14.0. The largest absolute Gasteiger partial charge is 0.494 e. The summed E-state index contributed by atoms with van der Waals surface area (Å²) in [7, 11) is 1.69. The molecule has 0 saturated carbocycles. The van der Waals surface area contributed by atoms with Gasteiger partial charge in [0, 0.05) is 38.3 Å². The fraction of sp³-hybridized carbons (Fsp3) is 0.500. The summed E-state index contributed by atoms with van der Waals surface area (Å²) in [5.41, 5.74) is 3.44. The van der Waals surface area contributed by atoms with Crippen molar-refractivity contribution in [2.75, 3.05) is 45.3 Å². The molecule has 3 aromatic rings. The molecule has 9 nitrogen and oxygen atoms in total. The zero-order valence-electron chi connectivity index (χ0n) is 29.8. The molecular weight excluding hydrogens is 639 g/mol. The van der Waals surface area contributed by atoms with E-state index in [9.17, 15) is 14.0 Å². The number of nitrogens with zero attached hydrogens (tertiary/aromatic N) is 1. The lowest BCUT2D eigenvalue weighted by molar-refractivity contribution is -0.116. The van der Waals surface area contributed by atoms with Gasteiger partial charge in [0.15, 0.2) is 11.6 Å². The first-order valence-electron chi connectivity index (χ1n) is 17.7. The van der Waals surface area contributed by atoms with Gasteiger partial charge in [-0.25, -0.2) is 9.18 Å². The molecule has 50 heavy (non-hydrogen) atoms. The summed E-state index contributed by atoms with van der Waals surface area (Å²) >= 11 is 0. The van der Waals surface area contributed by atoms with Gasteiger partial charge < -0.3 is 33.9 Å². The van der Waals surface area contributed by atoms with Crippen molar-refractivity contribution in [3.63, 3.8) is 0 Å². The van der Waals surface area contributed by atoms with Crippen molar-refractivity contribution in [1.29, 1.82) is 0 Å². The van der Waals surface area contributed by atoms with E-state index in [0.29, 0.717) is 52.2 Å². The molecule has 1 saturated heterocycles. The van der Waals surface area contributed by atoms with Crippen LogP contribution in [-0.4, -0.2) is 68.6 Å². The van der Waals surface area contributed by atoms with Crippen LogP contribution in [0.15, 0.2) is 66.7 Å². The number of amides is 2. The van der Waals surface area contributed by atoms with Crippen LogP contribution in [0.1, 0.15) is 88.0 Å². The first kappa shape index (κ1) is 37.1. The highest BCUT2D eigenvalue weighted by atomic mass is 19.1. The van der Waals surface area contributed by atoms with Gasteiger partial charge in [0.1, 0.15) is 11.4 Å². The van der Waals surface area contributed by atoms with E-state index >= 15 is 0 Å². The Labute approximate surface area is 295 Å². The minimum atomic E-state index is -0.608. The Bertz CT molecular complexity index is 1560. The maximum atomic E-state index is 13.8. The predicted octanol–water partition coefficient (Wildman–Crippen LogP) is 8.23. The molecule has 0 radical (unpaired) electrons. The molecule has 3 unspecified atom stereocenters. The Balaban J connectivity index is 1.27. The van der Waals surface area contributed by atoms with Crippen molar-refractivity contribution in [2.45, 2.75) is 89.4 Å². The van der Waals surface area contributed by atoms with Gasteiger partial charge in [0.2, 0.25) is 5.91 Å². The van der Waals surface area contributed by atoms with Gasteiger partial charge in [-0.2, -0.15) is 0 Å². The van der Waals surface area contributed by atoms with Crippen molar-refractivity contribution in [1.82, 2.24) is 4.90 Å². The lowest BCUT2D eigenvalue weighted by Crippen LogP contribution is -2.48. The van der Waals surface area contributed by atoms with Gasteiger partial charge in [-0.15, -0.1) is 0 Å². The number of carbonyl (C=O) groups is 2. The normalized spacial score (nSPS) is 18.2. The van der Waals surface area contributed by atoms with Gasteiger partial charge in [0.25, 0.3) is 0 Å². The zero-order valence-corrected chi connectivity index (χ0v) is 29.8. The molecule has 2 heterocycles. The van der Waals surface area contributed by atoms with Crippen molar-refractivity contribution < 1.29 is 37.7 Å². The number of ether oxygens (including phenoxy) is 5. The van der Waals surface area contributed by atoms with Gasteiger partial charge in [-0.1, -0.05) is 36.4 Å². The van der Waals surface area contributed by atoms with E-state index in [1.807, 2.05) is 39.0 Å². The van der Waals surface area contributed by atoms with E-state index in [1.54, 1.807) is 30.2 Å². The molecule has 5 rings (SSSR count). The van der Waals surface area contributed by atoms with E-state index < -0.39 is 5.60 Å². The van der Waals surface area contributed by atoms with Crippen molar-refractivity contribution >= 4 is 17.7 Å². The number of aryl methyl sites for hydroxylation is 1. The first-order valence-corrected chi connectivity index (χ1v) is 17.7. The number of piperidine rings is 1. The minimum Gasteiger partial charge on any atom is -0.494 e. The second kappa shape index (κ2) is 17.7. The monoisotopic (exact) mass is 690 g/mol. The minimum absolute atomic E-state index is 0.0213. The van der Waals surface area contributed by atoms with Crippen LogP contribution < -0.4 is 14.8 Å². The number of carbonyl (C=O) groups excluding carboxylic acids is 2. The van der Waals surface area contributed by atoms with Gasteiger partial charge in [-0.3, -0.25) is 4.79 Å². The van der Waals surface area contributed by atoms with Crippen LogP contribution in [0.4, 0.5) is 14.9 Å². The van der Waals surface area contributed by atoms with E-state index in [1.165, 1.54) is 6.07 Å². The van der Waals surface area contributed by atoms with E-state index in [2.05, 4.69) is 29.6 Å². The highest BCUT2D eigenvalue weighted by molar-refractivity contribution is 5.94. The van der Waals surface area contributed by atoms with Gasteiger partial charge >= 0.3 is 6.09 Å². The molecular formula is C40H51FN2O7. The summed E-state index contributed by atoms with van der Waals surface area (Å²) in [5.74, 6) is 0.720. The quantitative estimate of drug-likeness (QED) is 0.161. The fourth-order valence-corrected chi connectivity index (χ4v) is 6.40. The molecule has 0 aromatic heterocycles. The standard InChI is InChI=1S/C40H51FN2O7/c1-40(2,3)50-39(45)43-22-21-32(28-15-18-31(19-16-28)47-24-7-8-25-48-36-11-6-5-10-33(36)41)37(27-43)49-35(12-9-23-46-4)30-14-13-29-17-20-38(44)42-34(29)26-30/h5-6,10-11,13-16,18-19,26,32,35,37H,7-9,12,17,20-25,27H2,1-4H3,(H,42,44). The average molecular weight is 691 g/mol. The Morgan fingerprint density at radius 1 is 0.960 bits per heavy atom. The van der Waals surface area contributed by atoms with Crippen LogP contribution >= 0.6 is 0 Å². The molecule has 0 aliphatic carbocycles. The Kier molecular flexibility index (Phi) is 13.1. The lowest BCUT2D eigenvalue weighted by Gasteiger charge is -2.40. The maximum absolute atomic E-state index is 13.8. The van der Waals surface area contributed by atoms with Crippen LogP contribution in [-0.2, 0) is 25.4 Å². The van der Waals surface area contributed by atoms with Crippen LogP contribution in [0.3, 0.4) is 0 Å². The Morgan fingerprint density at radius 3 is 2.46 bits per heavy atom. The SMILES string of the molecule is COCCCC(OC1CN(C(=O)OC(C)(C)C)CCC1c1ccc(OCCCCOc2ccccc2F)cc1)c1ccc2c(c1)NC(=O)CC2. The molecule has 2 aliphatic heterocycles. The Hall–Kier alpha value is -4.15. The number of fused-ring (bicyclic) bond motifs is 1. The Morgan fingerprint density at radius 2 is 1.72 bits per heavy atom. The zero-order chi connectivity index (χ0) is 35.5. The molecule has 3 atom stereocenters. The number of para-hydroxylation sites is 1. The smallest absolute Gasteiger partial charge is 0.410 e. The molecule has 0 spiro atoms. The third kappa shape index (κ3) is 10.7. The molecule has 0 bridgehead atoms. The number of methoxy groups -OCH3 is 1. The molecule has 10 heteroatoms. The number of hydrogen-bond donors (Lipinski definition) is 1. The topological polar surface area (TPSA) is 95.6 Å². The third-order valence-electron chi connectivity index (χ3n) is 8.98. The van der Waals surface area contributed by atoms with Gasteiger partial charge in [-0.05, 0) is 106 Å². The molecule has 270 valence electrons. The lowest BCUT2D eigenvalue weighted by atomic mass is 9.86. The molecule has 3 aromatic carbocycles. The summed E-state index contributed by atoms with van der Waals surface area (Å²) in [6, 6.07) is 20.7. The van der Waals surface area contributed by atoms with Crippen LogP contribution in [0.25, 0.3) is 0 Å². The van der Waals surface area contributed by atoms with Crippen LogP contribution in [0.2, 0.25) is 0 Å². The summed E-state index contributed by atoms with van der Waals surface area (Å²) in [5, 5.41) is 3.02. The number of hydrogen-bond acceptors (Lipinski definition) is 7. The van der Waals surface area contributed by atoms with E-state index in [0.717, 1.165) is 53.8 Å². The predicted molar refractivity (Wildman–Crippen MR) is 190 cm³/mol. The van der Waals surface area contributed by atoms with Crippen molar-refractivity contribution in [3.05, 3.63) is 89.2 Å². The first-order chi connectivity index (χ1) is 24.1. The third-order valence-corrected chi connectivity index (χ3v) is 8.98. The number of nitrogens with one attached hydrogen (secondary N) is 1. The van der Waals surface area contributed by atoms with E-state index in [-0.39, 0.29) is 41.7 Å². The summed E-state index contributed by atoms with van der Waals surface area (Å²) in [4.78, 5) is 27.1. The van der Waals surface area contributed by atoms with Crippen LogP contribution in [0.5, 0.6) is 11.5 Å². The maximum Gasteiger partial charge on any atom is 0.410 e. The highest BCUT2D eigenvalue weighted by Crippen LogP contribution is 2.38.